The van der Waals surface area contributed by atoms with Gasteiger partial charge in [-0.05, 0) is 62.2 Å². The van der Waals surface area contributed by atoms with E-state index < -0.39 is 0 Å². The maximum Gasteiger partial charge on any atom is 0.192 e. The Morgan fingerprint density at radius 3 is 2.61 bits per heavy atom. The first-order valence-corrected chi connectivity index (χ1v) is 11.5. The molecule has 3 heterocycles. The molecule has 0 bridgehead atoms. The summed E-state index contributed by atoms with van der Waals surface area (Å²) in [6, 6.07) is 13.3. The summed E-state index contributed by atoms with van der Waals surface area (Å²) in [5, 5.41) is 13.5. The molecule has 0 amide bonds. The van der Waals surface area contributed by atoms with Gasteiger partial charge < -0.3 is 0 Å². The third-order valence-electron chi connectivity index (χ3n) is 5.57. The number of ketones is 1. The molecule has 0 atom stereocenters. The van der Waals surface area contributed by atoms with Crippen LogP contribution in [0.5, 0.6) is 0 Å². The van der Waals surface area contributed by atoms with Gasteiger partial charge in [-0.2, -0.15) is 9.61 Å². The Morgan fingerprint density at radius 1 is 1.06 bits per heavy atom. The molecule has 0 fully saturated rings. The van der Waals surface area contributed by atoms with Gasteiger partial charge in [0.1, 0.15) is 5.82 Å². The molecule has 0 unspecified atom stereocenters. The largest absolute Gasteiger partial charge is 0.293 e. The van der Waals surface area contributed by atoms with Crippen molar-refractivity contribution >= 4 is 34.1 Å². The fourth-order valence-electron chi connectivity index (χ4n) is 3.80. The average Bonchev–Trinajstić information content (AvgIpc) is 3.39. The lowest BCUT2D eigenvalue weighted by Crippen LogP contribution is -2.05. The maximum absolute atomic E-state index is 13.2. The fourth-order valence-corrected chi connectivity index (χ4v) is 4.64. The molecular weight excluding hydrogens is 439 g/mol. The molecule has 3 aromatic heterocycles. The van der Waals surface area contributed by atoms with Crippen molar-refractivity contribution in [3.63, 3.8) is 0 Å². The zero-order chi connectivity index (χ0) is 22.9. The summed E-state index contributed by atoms with van der Waals surface area (Å²) < 4.78 is 14.9. The summed E-state index contributed by atoms with van der Waals surface area (Å²) in [4.78, 5) is 22.1. The van der Waals surface area contributed by atoms with E-state index in [1.165, 1.54) is 41.6 Å². The summed E-state index contributed by atoms with van der Waals surface area (Å²) >= 11 is 1.30. The molecule has 0 aliphatic rings. The molecule has 2 aromatic carbocycles. The number of aromatic nitrogens is 6. The van der Waals surface area contributed by atoms with E-state index in [1.54, 1.807) is 4.52 Å². The molecule has 0 spiro atoms. The van der Waals surface area contributed by atoms with Gasteiger partial charge in [0.2, 0.25) is 0 Å². The molecule has 5 rings (SSSR count). The van der Waals surface area contributed by atoms with Gasteiger partial charge in [-0.3, -0.25) is 9.89 Å². The van der Waals surface area contributed by atoms with Crippen molar-refractivity contribution in [1.82, 2.24) is 29.8 Å². The minimum Gasteiger partial charge on any atom is -0.293 e. The SMILES string of the molecule is Cc1n[nH]c(C)c1CCc1nc2c3ccccc3nc(SCC(=O)c3ccc(F)cc3)n2n1. The number of para-hydroxylation sites is 1. The van der Waals surface area contributed by atoms with E-state index in [0.717, 1.165) is 28.7 Å². The van der Waals surface area contributed by atoms with Crippen LogP contribution in [0, 0.1) is 19.7 Å². The van der Waals surface area contributed by atoms with E-state index >= 15 is 0 Å². The van der Waals surface area contributed by atoms with Gasteiger partial charge in [-0.15, -0.1) is 5.10 Å². The molecule has 33 heavy (non-hydrogen) atoms. The molecule has 9 heteroatoms. The Kier molecular flexibility index (Phi) is 5.63. The summed E-state index contributed by atoms with van der Waals surface area (Å²) in [6.07, 6.45) is 1.44. The Hall–Kier alpha value is -3.59. The van der Waals surface area contributed by atoms with Gasteiger partial charge in [0.15, 0.2) is 22.4 Å². The van der Waals surface area contributed by atoms with Crippen molar-refractivity contribution < 1.29 is 9.18 Å². The molecule has 0 saturated carbocycles. The van der Waals surface area contributed by atoms with Gasteiger partial charge in [0.25, 0.3) is 0 Å². The molecule has 0 aliphatic heterocycles. The molecule has 0 saturated heterocycles. The molecule has 5 aromatic rings. The van der Waals surface area contributed by atoms with Crippen LogP contribution in [0.15, 0.2) is 53.7 Å². The van der Waals surface area contributed by atoms with Crippen molar-refractivity contribution in [2.45, 2.75) is 31.8 Å². The monoisotopic (exact) mass is 460 g/mol. The number of nitrogens with one attached hydrogen (secondary N) is 1. The zero-order valence-corrected chi connectivity index (χ0v) is 19.0. The Balaban J connectivity index is 1.45. The van der Waals surface area contributed by atoms with Crippen LogP contribution in [0.1, 0.15) is 33.1 Å². The van der Waals surface area contributed by atoms with Gasteiger partial charge in [-0.25, -0.2) is 14.4 Å². The third-order valence-corrected chi connectivity index (χ3v) is 6.50. The second-order valence-corrected chi connectivity index (χ2v) is 8.75. The number of carbonyl (C=O) groups is 1. The first-order valence-electron chi connectivity index (χ1n) is 10.6. The molecule has 166 valence electrons. The highest BCUT2D eigenvalue weighted by Gasteiger charge is 2.16. The fraction of sp³-hybridized carbons (Fsp3) is 0.208. The van der Waals surface area contributed by atoms with Crippen LogP contribution >= 0.6 is 11.8 Å². The van der Waals surface area contributed by atoms with Gasteiger partial charge in [-0.1, -0.05) is 23.9 Å². The minimum atomic E-state index is -0.368. The number of rotatable bonds is 7. The molecule has 0 radical (unpaired) electrons. The second kappa shape index (κ2) is 8.74. The zero-order valence-electron chi connectivity index (χ0n) is 18.2. The molecule has 0 aliphatic carbocycles. The molecule has 1 N–H and O–H groups in total. The van der Waals surface area contributed by atoms with Crippen molar-refractivity contribution in [2.24, 2.45) is 0 Å². The van der Waals surface area contributed by atoms with E-state index in [9.17, 15) is 9.18 Å². The van der Waals surface area contributed by atoms with Crippen LogP contribution in [0.25, 0.3) is 16.6 Å². The number of carbonyl (C=O) groups excluding carboxylic acids is 1. The van der Waals surface area contributed by atoms with E-state index in [0.29, 0.717) is 28.6 Å². The lowest BCUT2D eigenvalue weighted by molar-refractivity contribution is 0.102. The van der Waals surface area contributed by atoms with Crippen LogP contribution < -0.4 is 0 Å². The van der Waals surface area contributed by atoms with Gasteiger partial charge >= 0.3 is 0 Å². The number of hydrogen-bond acceptors (Lipinski definition) is 6. The highest BCUT2D eigenvalue weighted by molar-refractivity contribution is 7.99. The Morgan fingerprint density at radius 2 is 1.85 bits per heavy atom. The predicted octanol–water partition coefficient (Wildman–Crippen LogP) is 4.52. The standard InChI is InChI=1S/C24H21FN6OS/c1-14-18(15(2)29-28-14)11-12-22-27-23-19-5-3-4-6-20(19)26-24(31(23)30-22)33-13-21(32)16-7-9-17(25)10-8-16/h3-10H,11-13H2,1-2H3,(H,28,29). The maximum atomic E-state index is 13.2. The number of halogens is 1. The van der Waals surface area contributed by atoms with Crippen molar-refractivity contribution in [1.29, 1.82) is 0 Å². The highest BCUT2D eigenvalue weighted by Crippen LogP contribution is 2.25. The van der Waals surface area contributed by atoms with Crippen LogP contribution in [-0.2, 0) is 12.8 Å². The van der Waals surface area contributed by atoms with E-state index in [1.807, 2.05) is 38.1 Å². The number of benzene rings is 2. The summed E-state index contributed by atoms with van der Waals surface area (Å²) in [7, 11) is 0. The van der Waals surface area contributed by atoms with E-state index in [4.69, 9.17) is 15.1 Å². The van der Waals surface area contributed by atoms with Gasteiger partial charge in [0.05, 0.1) is 17.0 Å². The average molecular weight is 461 g/mol. The van der Waals surface area contributed by atoms with Gasteiger partial charge in [0, 0.05) is 23.1 Å². The quantitative estimate of drug-likeness (QED) is 0.218. The topological polar surface area (TPSA) is 88.8 Å². The number of aryl methyl sites for hydroxylation is 3. The van der Waals surface area contributed by atoms with Crippen molar-refractivity contribution in [2.75, 3.05) is 5.75 Å². The number of H-pyrrole nitrogens is 1. The number of thioether (sulfide) groups is 1. The summed E-state index contributed by atoms with van der Waals surface area (Å²) in [5.41, 5.74) is 5.19. The Labute approximate surface area is 193 Å². The Bertz CT molecular complexity index is 1450. The molecular formula is C24H21FN6OS. The second-order valence-electron chi connectivity index (χ2n) is 7.81. The van der Waals surface area contributed by atoms with E-state index in [2.05, 4.69) is 10.2 Å². The first-order chi connectivity index (χ1) is 16.0. The van der Waals surface area contributed by atoms with Crippen molar-refractivity contribution in [3.8, 4) is 0 Å². The molecule has 7 nitrogen and oxygen atoms in total. The summed E-state index contributed by atoms with van der Waals surface area (Å²) in [5.74, 6) is 0.400. The van der Waals surface area contributed by atoms with Crippen LogP contribution in [0.3, 0.4) is 0 Å². The van der Waals surface area contributed by atoms with Crippen molar-refractivity contribution in [3.05, 3.63) is 82.7 Å². The van der Waals surface area contributed by atoms with Crippen LogP contribution in [-0.4, -0.2) is 41.3 Å². The number of fused-ring (bicyclic) bond motifs is 3. The number of hydrogen-bond donors (Lipinski definition) is 1. The normalized spacial score (nSPS) is 11.5. The predicted molar refractivity (Wildman–Crippen MR) is 125 cm³/mol. The van der Waals surface area contributed by atoms with Crippen LogP contribution in [0.2, 0.25) is 0 Å². The smallest absolute Gasteiger partial charge is 0.192 e. The van der Waals surface area contributed by atoms with Crippen LogP contribution in [0.4, 0.5) is 4.39 Å². The summed E-state index contributed by atoms with van der Waals surface area (Å²) in [6.45, 7) is 4.00. The van der Waals surface area contributed by atoms with E-state index in [-0.39, 0.29) is 17.4 Å². The lowest BCUT2D eigenvalue weighted by atomic mass is 10.1. The highest BCUT2D eigenvalue weighted by atomic mass is 32.2. The minimum absolute atomic E-state index is 0.102. The number of aromatic amines is 1. The third kappa shape index (κ3) is 4.23. The lowest BCUT2D eigenvalue weighted by Gasteiger charge is -2.06. The number of nitrogens with zero attached hydrogens (tertiary/aromatic N) is 5. The number of Topliss-reactive ketones (excluding diaryl/α,β-unsaturated/α-hetero) is 1. The first kappa shape index (κ1) is 21.3.